The molecular weight excluding hydrogens is 762 g/mol. The summed E-state index contributed by atoms with van der Waals surface area (Å²) < 4.78 is 86.8. The van der Waals surface area contributed by atoms with Crippen LogP contribution in [0, 0.1) is 0 Å². The third kappa shape index (κ3) is 52.1. The number of carbonyl (C=O) groups is 1. The van der Waals surface area contributed by atoms with E-state index in [1.165, 1.54) is 0 Å². The Bertz CT molecular complexity index is 841. The van der Waals surface area contributed by atoms with Crippen molar-refractivity contribution in [2.24, 2.45) is 11.0 Å². The van der Waals surface area contributed by atoms with Crippen LogP contribution in [0.15, 0.2) is 5.11 Å². The first-order valence-corrected chi connectivity index (χ1v) is 19.6. The van der Waals surface area contributed by atoms with Crippen LogP contribution in [-0.4, -0.2) is 224 Å². The SMILES string of the molecule is [N-]=[N+]=NCCOCCOCCOCCOCCOCCOCCOCCOCCOCCOCCOCCOCCOCCOCCOCCOCCC(=O)NN. The highest BCUT2D eigenvalue weighted by atomic mass is 16.6. The Labute approximate surface area is 337 Å². The van der Waals surface area contributed by atoms with Gasteiger partial charge < -0.3 is 75.8 Å². The molecule has 0 fully saturated rings. The molecule has 1 amide bonds. The number of hydrogen-bond donors (Lipinski definition) is 2. The minimum absolute atomic E-state index is 0.225. The van der Waals surface area contributed by atoms with Crippen LogP contribution >= 0.6 is 0 Å². The monoisotopic (exact) mass is 833 g/mol. The summed E-state index contributed by atoms with van der Waals surface area (Å²) in [6.07, 6.45) is 0.225. The van der Waals surface area contributed by atoms with E-state index in [9.17, 15) is 4.79 Å². The Morgan fingerprint density at radius 1 is 0.351 bits per heavy atom. The number of rotatable bonds is 51. The molecule has 0 atom stereocenters. The summed E-state index contributed by atoms with van der Waals surface area (Å²) in [5, 5.41) is 3.37. The number of azide groups is 1. The number of carbonyl (C=O) groups excluding carboxylic acids is 1. The highest BCUT2D eigenvalue weighted by Crippen LogP contribution is 1.89. The molecule has 0 unspecified atom stereocenters. The molecule has 22 heteroatoms. The van der Waals surface area contributed by atoms with Gasteiger partial charge in [-0.1, -0.05) is 5.11 Å². The van der Waals surface area contributed by atoms with Gasteiger partial charge in [-0.05, 0) is 5.53 Å². The van der Waals surface area contributed by atoms with Gasteiger partial charge in [0.15, 0.2) is 0 Å². The molecule has 338 valence electrons. The first kappa shape index (κ1) is 55.1. The van der Waals surface area contributed by atoms with Gasteiger partial charge in [0.2, 0.25) is 5.91 Å². The van der Waals surface area contributed by atoms with Gasteiger partial charge in [-0.25, -0.2) is 5.84 Å². The van der Waals surface area contributed by atoms with Gasteiger partial charge >= 0.3 is 0 Å². The molecule has 0 aromatic carbocycles. The van der Waals surface area contributed by atoms with Gasteiger partial charge in [0.1, 0.15) is 0 Å². The molecule has 0 bridgehead atoms. The summed E-state index contributed by atoms with van der Waals surface area (Å²) >= 11 is 0. The second kappa shape index (κ2) is 52.1. The largest absolute Gasteiger partial charge is 0.379 e. The van der Waals surface area contributed by atoms with Crippen molar-refractivity contribution in [3.63, 3.8) is 0 Å². The molecule has 57 heavy (non-hydrogen) atoms. The van der Waals surface area contributed by atoms with Crippen molar-refractivity contribution in [1.29, 1.82) is 0 Å². The fourth-order valence-corrected chi connectivity index (χ4v) is 3.79. The van der Waals surface area contributed by atoms with E-state index < -0.39 is 0 Å². The van der Waals surface area contributed by atoms with Gasteiger partial charge in [0.05, 0.1) is 218 Å². The zero-order chi connectivity index (χ0) is 41.1. The first-order valence-electron chi connectivity index (χ1n) is 19.6. The summed E-state index contributed by atoms with van der Waals surface area (Å²) in [6.45, 7) is 15.3. The average molecular weight is 834 g/mol. The third-order valence-corrected chi connectivity index (χ3v) is 6.61. The van der Waals surface area contributed by atoms with Crippen LogP contribution in [0.2, 0.25) is 0 Å². The maximum absolute atomic E-state index is 10.9. The van der Waals surface area contributed by atoms with Crippen molar-refractivity contribution in [2.75, 3.05) is 218 Å². The standard InChI is InChI=1S/C35H71N5O17/c36-39-35(41)1-3-42-5-7-44-9-11-46-13-15-48-17-19-50-21-23-52-25-27-54-29-31-56-33-34-57-32-30-55-28-26-53-24-22-51-20-18-49-16-14-47-12-10-45-8-6-43-4-2-38-40-37/h1-34,36H2,(H,39,41). The Kier molecular flexibility index (Phi) is 50.4. The van der Waals surface area contributed by atoms with Crippen molar-refractivity contribution in [3.05, 3.63) is 10.4 Å². The number of ether oxygens (including phenoxy) is 16. The zero-order valence-corrected chi connectivity index (χ0v) is 33.9. The molecule has 0 saturated heterocycles. The lowest BCUT2D eigenvalue weighted by atomic mass is 10.4. The van der Waals surface area contributed by atoms with E-state index in [-0.39, 0.29) is 12.3 Å². The Balaban J connectivity index is 3.07. The molecule has 0 aromatic heterocycles. The second-order valence-electron chi connectivity index (χ2n) is 11.1. The lowest BCUT2D eigenvalue weighted by Crippen LogP contribution is -2.30. The van der Waals surface area contributed by atoms with E-state index >= 15 is 0 Å². The Hall–Kier alpha value is -1.90. The van der Waals surface area contributed by atoms with Crippen molar-refractivity contribution in [3.8, 4) is 0 Å². The normalized spacial score (nSPS) is 11.3. The first-order chi connectivity index (χ1) is 28.3. The number of amides is 1. The van der Waals surface area contributed by atoms with E-state index in [1.54, 1.807) is 0 Å². The van der Waals surface area contributed by atoms with Crippen molar-refractivity contribution in [2.45, 2.75) is 6.42 Å². The van der Waals surface area contributed by atoms with Gasteiger partial charge in [-0.15, -0.1) is 0 Å². The van der Waals surface area contributed by atoms with Crippen LogP contribution < -0.4 is 11.3 Å². The van der Waals surface area contributed by atoms with Crippen LogP contribution in [0.4, 0.5) is 0 Å². The maximum atomic E-state index is 10.9. The number of nitrogens with two attached hydrogens (primary N) is 1. The van der Waals surface area contributed by atoms with Crippen LogP contribution in [0.1, 0.15) is 6.42 Å². The van der Waals surface area contributed by atoms with E-state index in [0.29, 0.717) is 218 Å². The number of nitrogens with zero attached hydrogens (tertiary/aromatic N) is 3. The quantitative estimate of drug-likeness (QED) is 0.0155. The molecule has 22 nitrogen and oxygen atoms in total. The van der Waals surface area contributed by atoms with Crippen LogP contribution in [-0.2, 0) is 80.6 Å². The van der Waals surface area contributed by atoms with Crippen LogP contribution in [0.25, 0.3) is 10.4 Å². The molecule has 0 rings (SSSR count). The van der Waals surface area contributed by atoms with Gasteiger partial charge in [-0.3, -0.25) is 10.2 Å². The summed E-state index contributed by atoms with van der Waals surface area (Å²) in [5.41, 5.74) is 10.2. The maximum Gasteiger partial charge on any atom is 0.236 e. The average Bonchev–Trinajstić information content (AvgIpc) is 3.22. The van der Waals surface area contributed by atoms with E-state index in [0.717, 1.165) is 0 Å². The molecule has 0 radical (unpaired) electrons. The molecule has 0 aliphatic carbocycles. The summed E-state index contributed by atoms with van der Waals surface area (Å²) in [4.78, 5) is 13.6. The molecule has 0 aromatic rings. The number of hydrogen-bond acceptors (Lipinski definition) is 19. The summed E-state index contributed by atoms with van der Waals surface area (Å²) in [7, 11) is 0. The Morgan fingerprint density at radius 2 is 0.526 bits per heavy atom. The van der Waals surface area contributed by atoms with E-state index in [1.807, 2.05) is 5.43 Å². The minimum Gasteiger partial charge on any atom is -0.379 e. The van der Waals surface area contributed by atoms with E-state index in [4.69, 9.17) is 87.2 Å². The minimum atomic E-state index is -0.263. The smallest absolute Gasteiger partial charge is 0.236 e. The molecule has 3 N–H and O–H groups in total. The highest BCUT2D eigenvalue weighted by Gasteiger charge is 1.99. The lowest BCUT2D eigenvalue weighted by Gasteiger charge is -2.09. The predicted molar refractivity (Wildman–Crippen MR) is 204 cm³/mol. The van der Waals surface area contributed by atoms with Gasteiger partial charge in [-0.2, -0.15) is 0 Å². The molecule has 0 heterocycles. The fraction of sp³-hybridized carbons (Fsp3) is 0.971. The predicted octanol–water partition coefficient (Wildman–Crippen LogP) is -0.0577. The van der Waals surface area contributed by atoms with Crippen molar-refractivity contribution >= 4 is 5.91 Å². The zero-order valence-electron chi connectivity index (χ0n) is 33.9. The number of hydrazine groups is 1. The summed E-state index contributed by atoms with van der Waals surface area (Å²) in [6, 6.07) is 0. The Morgan fingerprint density at radius 3 is 0.702 bits per heavy atom. The van der Waals surface area contributed by atoms with Crippen molar-refractivity contribution < 1.29 is 80.6 Å². The second-order valence-corrected chi connectivity index (χ2v) is 11.1. The summed E-state index contributed by atoms with van der Waals surface area (Å²) in [5.74, 6) is 4.72. The van der Waals surface area contributed by atoms with Crippen LogP contribution in [0.3, 0.4) is 0 Å². The highest BCUT2D eigenvalue weighted by molar-refractivity contribution is 5.75. The fourth-order valence-electron chi connectivity index (χ4n) is 3.79. The molecule has 0 aliphatic heterocycles. The third-order valence-electron chi connectivity index (χ3n) is 6.61. The molecular formula is C35H71N5O17. The topological polar surface area (TPSA) is 252 Å². The van der Waals surface area contributed by atoms with E-state index in [2.05, 4.69) is 10.0 Å². The number of nitrogens with one attached hydrogen (secondary N) is 1. The van der Waals surface area contributed by atoms with Crippen molar-refractivity contribution in [1.82, 2.24) is 5.43 Å². The van der Waals surface area contributed by atoms with Gasteiger partial charge in [0, 0.05) is 11.5 Å². The molecule has 0 saturated carbocycles. The van der Waals surface area contributed by atoms with Gasteiger partial charge in [0.25, 0.3) is 0 Å². The molecule has 0 aliphatic rings. The lowest BCUT2D eigenvalue weighted by molar-refractivity contribution is -0.122. The molecule has 0 spiro atoms. The van der Waals surface area contributed by atoms with Crippen LogP contribution in [0.5, 0.6) is 0 Å².